The number of rotatable bonds is 8. The zero-order valence-electron chi connectivity index (χ0n) is 28.9. The summed E-state index contributed by atoms with van der Waals surface area (Å²) < 4.78 is 5.49. The third-order valence-electron chi connectivity index (χ3n) is 6.90. The molecule has 0 bridgehead atoms. The summed E-state index contributed by atoms with van der Waals surface area (Å²) in [6.07, 6.45) is 0.824. The topological polar surface area (TPSA) is 82.2 Å². The van der Waals surface area contributed by atoms with Crippen molar-refractivity contribution in [3.8, 4) is 5.75 Å². The van der Waals surface area contributed by atoms with Crippen LogP contribution in [0.4, 0.5) is 11.4 Å². The maximum atomic E-state index is 12.9. The van der Waals surface area contributed by atoms with Gasteiger partial charge in [0, 0.05) is 38.3 Å². The third-order valence-corrected chi connectivity index (χ3v) is 6.90. The van der Waals surface area contributed by atoms with Gasteiger partial charge in [-0.05, 0) is 55.4 Å². The lowest BCUT2D eigenvalue weighted by Crippen LogP contribution is -2.47. The molecule has 2 aliphatic rings. The molecule has 246 valence electrons. The molecule has 1 fully saturated rings. The number of hydrogen-bond donors (Lipinski definition) is 1. The number of carbonyl (C=O) groups is 3. The summed E-state index contributed by atoms with van der Waals surface area (Å²) in [6.45, 7) is 21.2. The average Bonchev–Trinajstić information content (AvgIpc) is 3.38. The molecule has 1 saturated heterocycles. The van der Waals surface area contributed by atoms with Gasteiger partial charge in [0.25, 0.3) is 17.7 Å². The molecule has 0 unspecified atom stereocenters. The maximum Gasteiger partial charge on any atom is 0.266 e. The van der Waals surface area contributed by atoms with Gasteiger partial charge >= 0.3 is 0 Å². The van der Waals surface area contributed by atoms with Crippen molar-refractivity contribution in [1.29, 1.82) is 0 Å². The molecule has 3 aromatic rings. The van der Waals surface area contributed by atoms with E-state index in [1.807, 2.05) is 79.7 Å². The minimum Gasteiger partial charge on any atom is -0.495 e. The second-order valence-corrected chi connectivity index (χ2v) is 9.15. The van der Waals surface area contributed by atoms with Crippen molar-refractivity contribution in [3.05, 3.63) is 89.5 Å². The zero-order chi connectivity index (χ0) is 33.8. The molecule has 8 nitrogen and oxygen atoms in total. The van der Waals surface area contributed by atoms with Crippen LogP contribution in [0.25, 0.3) is 0 Å². The fourth-order valence-electron chi connectivity index (χ4n) is 4.90. The average molecular weight is 619 g/mol. The number of piperazine rings is 1. The number of methoxy groups -OCH3 is 1. The molecular weight excluding hydrogens is 564 g/mol. The molecule has 0 spiro atoms. The molecule has 0 atom stereocenters. The van der Waals surface area contributed by atoms with E-state index in [9.17, 15) is 14.4 Å². The largest absolute Gasteiger partial charge is 0.495 e. The number of amides is 3. The summed E-state index contributed by atoms with van der Waals surface area (Å²) >= 11 is 0. The van der Waals surface area contributed by atoms with E-state index >= 15 is 0 Å². The van der Waals surface area contributed by atoms with Crippen LogP contribution < -0.4 is 19.9 Å². The van der Waals surface area contributed by atoms with Crippen LogP contribution in [-0.4, -0.2) is 69.0 Å². The van der Waals surface area contributed by atoms with Crippen LogP contribution >= 0.6 is 0 Å². The first-order valence-corrected chi connectivity index (χ1v) is 16.5. The van der Waals surface area contributed by atoms with E-state index in [0.29, 0.717) is 23.4 Å². The van der Waals surface area contributed by atoms with Gasteiger partial charge in [-0.2, -0.15) is 0 Å². The normalized spacial score (nSPS) is 13.4. The number of ether oxygens (including phenoxy) is 1. The summed E-state index contributed by atoms with van der Waals surface area (Å²) in [7, 11) is 1.70. The molecule has 0 radical (unpaired) electrons. The van der Waals surface area contributed by atoms with Crippen LogP contribution in [0, 0.1) is 0 Å². The molecule has 0 aromatic heterocycles. The minimum absolute atomic E-state index is 0.248. The lowest BCUT2D eigenvalue weighted by atomic mass is 10.1. The van der Waals surface area contributed by atoms with Crippen molar-refractivity contribution in [3.63, 3.8) is 0 Å². The molecule has 3 amide bonds. The summed E-state index contributed by atoms with van der Waals surface area (Å²) in [5.74, 6) is -0.136. The highest BCUT2D eigenvalue weighted by Crippen LogP contribution is 2.29. The van der Waals surface area contributed by atoms with E-state index in [2.05, 4.69) is 21.2 Å². The Kier molecular flexibility index (Phi) is 18.6. The number of hydrogen-bond acceptors (Lipinski definition) is 6. The van der Waals surface area contributed by atoms with Crippen LogP contribution in [0.2, 0.25) is 0 Å². The molecule has 2 aliphatic heterocycles. The monoisotopic (exact) mass is 618 g/mol. The Labute approximate surface area is 271 Å². The number of benzene rings is 3. The van der Waals surface area contributed by atoms with E-state index < -0.39 is 5.91 Å². The fourth-order valence-corrected chi connectivity index (χ4v) is 4.90. The number of fused-ring (bicyclic) bond motifs is 1. The SMILES string of the molecule is CC.CC.CC.CC.COc1ccccc1N1CCN(CCCNC(=O)c2ccc3c(c2)C(=O)N(c2ccccc2)C3=O)CC1. The van der Waals surface area contributed by atoms with E-state index in [-0.39, 0.29) is 17.4 Å². The number of anilines is 2. The van der Waals surface area contributed by atoms with Crippen LogP contribution in [0.5, 0.6) is 5.75 Å². The maximum absolute atomic E-state index is 12.9. The molecule has 3 aromatic carbocycles. The van der Waals surface area contributed by atoms with Gasteiger partial charge in [-0.1, -0.05) is 85.7 Å². The van der Waals surface area contributed by atoms with Gasteiger partial charge < -0.3 is 15.0 Å². The van der Waals surface area contributed by atoms with Crippen molar-refractivity contribution < 1.29 is 19.1 Å². The first kappa shape index (κ1) is 38.9. The number of para-hydroxylation sites is 3. The fraction of sp³-hybridized carbons (Fsp3) is 0.432. The van der Waals surface area contributed by atoms with Gasteiger partial charge in [0.05, 0.1) is 29.6 Å². The summed E-state index contributed by atoms with van der Waals surface area (Å²) in [5, 5.41) is 2.95. The van der Waals surface area contributed by atoms with E-state index in [1.165, 1.54) is 6.07 Å². The highest BCUT2D eigenvalue weighted by Gasteiger charge is 2.37. The summed E-state index contributed by atoms with van der Waals surface area (Å²) in [6, 6.07) is 21.6. The van der Waals surface area contributed by atoms with Crippen molar-refractivity contribution in [2.75, 3.05) is 56.2 Å². The van der Waals surface area contributed by atoms with E-state index in [4.69, 9.17) is 4.74 Å². The molecular formula is C37H54N4O4. The summed E-state index contributed by atoms with van der Waals surface area (Å²) in [4.78, 5) is 44.3. The Hall–Kier alpha value is -4.17. The highest BCUT2D eigenvalue weighted by molar-refractivity contribution is 6.34. The predicted octanol–water partition coefficient (Wildman–Crippen LogP) is 7.54. The van der Waals surface area contributed by atoms with Crippen LogP contribution in [-0.2, 0) is 0 Å². The standard InChI is InChI=1S/C29H30N4O4.4C2H6/c1-37-26-11-6-5-10-25(26)32-18-16-31(17-19-32)15-7-14-30-27(34)21-12-13-23-24(20-21)29(36)33(28(23)35)22-8-3-2-4-9-22;4*1-2/h2-6,8-13,20H,7,14-19H2,1H3,(H,30,34);4*1-2H3. The van der Waals surface area contributed by atoms with Crippen LogP contribution in [0.1, 0.15) is 92.9 Å². The quantitative estimate of drug-likeness (QED) is 0.207. The Morgan fingerprint density at radius 2 is 1.31 bits per heavy atom. The van der Waals surface area contributed by atoms with E-state index in [1.54, 1.807) is 43.5 Å². The second kappa shape index (κ2) is 21.5. The Bertz CT molecular complexity index is 1300. The van der Waals surface area contributed by atoms with Gasteiger partial charge in [-0.3, -0.25) is 19.3 Å². The molecule has 2 heterocycles. The third kappa shape index (κ3) is 10.2. The first-order valence-electron chi connectivity index (χ1n) is 16.5. The van der Waals surface area contributed by atoms with Crippen molar-refractivity contribution >= 4 is 29.1 Å². The molecule has 0 saturated carbocycles. The van der Waals surface area contributed by atoms with Gasteiger partial charge in [-0.25, -0.2) is 4.90 Å². The molecule has 45 heavy (non-hydrogen) atoms. The lowest BCUT2D eigenvalue weighted by Gasteiger charge is -2.36. The van der Waals surface area contributed by atoms with Crippen LogP contribution in [0.15, 0.2) is 72.8 Å². The van der Waals surface area contributed by atoms with Gasteiger partial charge in [0.15, 0.2) is 0 Å². The smallest absolute Gasteiger partial charge is 0.266 e. The van der Waals surface area contributed by atoms with E-state index in [0.717, 1.165) is 55.5 Å². The Morgan fingerprint density at radius 1 is 0.733 bits per heavy atom. The van der Waals surface area contributed by atoms with Crippen molar-refractivity contribution in [2.45, 2.75) is 61.8 Å². The number of nitrogens with zero attached hydrogens (tertiary/aromatic N) is 3. The predicted molar refractivity (Wildman–Crippen MR) is 188 cm³/mol. The number of carbonyl (C=O) groups excluding carboxylic acids is 3. The van der Waals surface area contributed by atoms with Crippen LogP contribution in [0.3, 0.4) is 0 Å². The molecule has 5 rings (SSSR count). The Balaban J connectivity index is 0.00000117. The molecule has 1 N–H and O–H groups in total. The van der Waals surface area contributed by atoms with Crippen molar-refractivity contribution in [1.82, 2.24) is 10.2 Å². The molecule has 0 aliphatic carbocycles. The number of nitrogens with one attached hydrogen (secondary N) is 1. The molecule has 8 heteroatoms. The lowest BCUT2D eigenvalue weighted by molar-refractivity contribution is 0.0923. The number of imide groups is 1. The second-order valence-electron chi connectivity index (χ2n) is 9.15. The Morgan fingerprint density at radius 3 is 1.93 bits per heavy atom. The minimum atomic E-state index is -0.409. The highest BCUT2D eigenvalue weighted by atomic mass is 16.5. The zero-order valence-corrected chi connectivity index (χ0v) is 28.9. The van der Waals surface area contributed by atoms with Gasteiger partial charge in [0.1, 0.15) is 5.75 Å². The first-order chi connectivity index (χ1) is 22.1. The van der Waals surface area contributed by atoms with Crippen molar-refractivity contribution in [2.24, 2.45) is 0 Å². The van der Waals surface area contributed by atoms with Gasteiger partial charge in [-0.15, -0.1) is 0 Å². The summed E-state index contributed by atoms with van der Waals surface area (Å²) in [5.41, 5.74) is 2.59. The van der Waals surface area contributed by atoms with Gasteiger partial charge in [0.2, 0.25) is 0 Å².